The summed E-state index contributed by atoms with van der Waals surface area (Å²) in [5, 5.41) is 0.204. The third-order valence-electron chi connectivity index (χ3n) is 3.60. The molecule has 1 aliphatic rings. The van der Waals surface area contributed by atoms with Crippen molar-refractivity contribution in [3.05, 3.63) is 0 Å². The maximum Gasteiger partial charge on any atom is 0.226 e. The Morgan fingerprint density at radius 3 is 2.20 bits per heavy atom. The molecule has 0 aromatic carbocycles. The van der Waals surface area contributed by atoms with E-state index in [1.165, 1.54) is 0 Å². The van der Waals surface area contributed by atoms with Crippen LogP contribution in [0.25, 0.3) is 0 Å². The SMILES string of the molecule is CC(O[Si](C)(C)C(C)(C)C)N1CCC1=O. The van der Waals surface area contributed by atoms with Gasteiger partial charge in [-0.1, -0.05) is 20.8 Å². The van der Waals surface area contributed by atoms with E-state index in [1.807, 2.05) is 11.8 Å². The normalized spacial score (nSPS) is 20.1. The van der Waals surface area contributed by atoms with E-state index in [1.54, 1.807) is 0 Å². The highest BCUT2D eigenvalue weighted by molar-refractivity contribution is 6.74. The molecule has 1 unspecified atom stereocenters. The van der Waals surface area contributed by atoms with Gasteiger partial charge in [0.15, 0.2) is 8.32 Å². The monoisotopic (exact) mass is 229 g/mol. The van der Waals surface area contributed by atoms with Crippen LogP contribution in [-0.2, 0) is 9.22 Å². The number of rotatable bonds is 3. The van der Waals surface area contributed by atoms with E-state index in [2.05, 4.69) is 33.9 Å². The first-order valence-corrected chi connectivity index (χ1v) is 8.53. The summed E-state index contributed by atoms with van der Waals surface area (Å²) < 4.78 is 6.12. The minimum Gasteiger partial charge on any atom is -0.397 e. The zero-order valence-electron chi connectivity index (χ0n) is 10.8. The summed E-state index contributed by atoms with van der Waals surface area (Å²) in [7, 11) is -1.74. The molecule has 0 aliphatic carbocycles. The quantitative estimate of drug-likeness (QED) is 0.550. The molecule has 3 nitrogen and oxygen atoms in total. The van der Waals surface area contributed by atoms with Crippen LogP contribution in [0.15, 0.2) is 0 Å². The van der Waals surface area contributed by atoms with Crippen molar-refractivity contribution in [1.29, 1.82) is 0 Å². The molecule has 4 heteroatoms. The Balaban J connectivity index is 2.57. The minimum absolute atomic E-state index is 0.0489. The predicted octanol–water partition coefficient (Wildman–Crippen LogP) is 2.59. The first kappa shape index (κ1) is 12.7. The zero-order chi connectivity index (χ0) is 11.9. The fourth-order valence-electron chi connectivity index (χ4n) is 1.38. The Morgan fingerprint density at radius 1 is 1.40 bits per heavy atom. The lowest BCUT2D eigenvalue weighted by atomic mass is 10.2. The molecule has 88 valence electrons. The fourth-order valence-corrected chi connectivity index (χ4v) is 2.72. The minimum atomic E-state index is -1.74. The molecule has 1 aliphatic heterocycles. The van der Waals surface area contributed by atoms with E-state index in [-0.39, 0.29) is 17.2 Å². The van der Waals surface area contributed by atoms with E-state index in [0.717, 1.165) is 6.54 Å². The van der Waals surface area contributed by atoms with E-state index < -0.39 is 8.32 Å². The van der Waals surface area contributed by atoms with Gasteiger partial charge >= 0.3 is 0 Å². The molecule has 0 aromatic rings. The molecule has 1 rings (SSSR count). The van der Waals surface area contributed by atoms with Crippen LogP contribution < -0.4 is 0 Å². The van der Waals surface area contributed by atoms with Crippen LogP contribution in [0.1, 0.15) is 34.1 Å². The maximum absolute atomic E-state index is 11.3. The summed E-state index contributed by atoms with van der Waals surface area (Å²) in [5.41, 5.74) is 0. The summed E-state index contributed by atoms with van der Waals surface area (Å²) >= 11 is 0. The second-order valence-electron chi connectivity index (χ2n) is 5.81. The van der Waals surface area contributed by atoms with Crippen molar-refractivity contribution in [1.82, 2.24) is 4.90 Å². The largest absolute Gasteiger partial charge is 0.397 e. The van der Waals surface area contributed by atoms with Crippen molar-refractivity contribution in [3.8, 4) is 0 Å². The van der Waals surface area contributed by atoms with Crippen molar-refractivity contribution in [3.63, 3.8) is 0 Å². The van der Waals surface area contributed by atoms with Gasteiger partial charge in [0.25, 0.3) is 0 Å². The van der Waals surface area contributed by atoms with Crippen LogP contribution in [-0.4, -0.2) is 31.9 Å². The van der Waals surface area contributed by atoms with Gasteiger partial charge in [-0.05, 0) is 25.1 Å². The smallest absolute Gasteiger partial charge is 0.226 e. The molecule has 0 saturated carbocycles. The summed E-state index contributed by atoms with van der Waals surface area (Å²) in [4.78, 5) is 13.1. The second-order valence-corrected chi connectivity index (χ2v) is 10.6. The van der Waals surface area contributed by atoms with Gasteiger partial charge < -0.3 is 9.33 Å². The molecule has 0 spiro atoms. The van der Waals surface area contributed by atoms with Crippen molar-refractivity contribution in [2.45, 2.75) is 58.5 Å². The molecule has 1 atom stereocenters. The number of carbonyl (C=O) groups is 1. The third-order valence-corrected chi connectivity index (χ3v) is 8.14. The van der Waals surface area contributed by atoms with Gasteiger partial charge in [0.2, 0.25) is 5.91 Å². The van der Waals surface area contributed by atoms with E-state index >= 15 is 0 Å². The standard InChI is InChI=1S/C11H23NO2Si/c1-9(12-8-7-10(12)13)14-15(5,6)11(2,3)4/h9H,7-8H2,1-6H3. The van der Waals surface area contributed by atoms with Gasteiger partial charge in [-0.15, -0.1) is 0 Å². The molecule has 1 amide bonds. The molecule has 1 fully saturated rings. The Morgan fingerprint density at radius 2 is 1.93 bits per heavy atom. The van der Waals surface area contributed by atoms with E-state index in [0.29, 0.717) is 6.42 Å². The average Bonchev–Trinajstić information content (AvgIpc) is 1.98. The van der Waals surface area contributed by atoms with Crippen LogP contribution >= 0.6 is 0 Å². The average molecular weight is 229 g/mol. The zero-order valence-corrected chi connectivity index (χ0v) is 11.8. The van der Waals surface area contributed by atoms with Gasteiger partial charge in [-0.3, -0.25) is 4.79 Å². The topological polar surface area (TPSA) is 29.5 Å². The lowest BCUT2D eigenvalue weighted by molar-refractivity contribution is -0.150. The van der Waals surface area contributed by atoms with Crippen molar-refractivity contribution in [2.75, 3.05) is 6.54 Å². The van der Waals surface area contributed by atoms with Gasteiger partial charge in [0.1, 0.15) is 6.23 Å². The fraction of sp³-hybridized carbons (Fsp3) is 0.909. The first-order valence-electron chi connectivity index (χ1n) is 5.62. The van der Waals surface area contributed by atoms with Gasteiger partial charge in [0.05, 0.1) is 0 Å². The molecule has 0 radical (unpaired) electrons. The number of amides is 1. The molecular formula is C11H23NO2Si. The number of β-lactam (4-membered cyclic amide) rings is 1. The second kappa shape index (κ2) is 3.90. The Labute approximate surface area is 93.9 Å². The summed E-state index contributed by atoms with van der Waals surface area (Å²) in [5.74, 6) is 0.223. The third kappa shape index (κ3) is 2.61. The first-order chi connectivity index (χ1) is 6.65. The molecular weight excluding hydrogens is 206 g/mol. The van der Waals surface area contributed by atoms with Crippen LogP contribution in [0.2, 0.25) is 18.1 Å². The molecule has 1 saturated heterocycles. The predicted molar refractivity (Wildman–Crippen MR) is 64.1 cm³/mol. The molecule has 0 bridgehead atoms. The van der Waals surface area contributed by atoms with Crippen molar-refractivity contribution in [2.24, 2.45) is 0 Å². The lowest BCUT2D eigenvalue weighted by Crippen LogP contribution is -2.54. The van der Waals surface area contributed by atoms with E-state index in [4.69, 9.17) is 4.43 Å². The number of hydrogen-bond donors (Lipinski definition) is 0. The van der Waals surface area contributed by atoms with Gasteiger partial charge in [0, 0.05) is 13.0 Å². The Kier molecular flexibility index (Phi) is 3.31. The highest BCUT2D eigenvalue weighted by Gasteiger charge is 2.41. The molecule has 0 aromatic heterocycles. The number of nitrogens with zero attached hydrogens (tertiary/aromatic N) is 1. The highest BCUT2D eigenvalue weighted by Crippen LogP contribution is 2.37. The summed E-state index contributed by atoms with van der Waals surface area (Å²) in [6.07, 6.45) is 0.637. The summed E-state index contributed by atoms with van der Waals surface area (Å²) in [6, 6.07) is 0. The molecule has 0 N–H and O–H groups in total. The molecule has 1 heterocycles. The lowest BCUT2D eigenvalue weighted by Gasteiger charge is -2.44. The highest BCUT2D eigenvalue weighted by atomic mass is 28.4. The maximum atomic E-state index is 11.3. The molecule has 15 heavy (non-hydrogen) atoms. The number of carbonyl (C=O) groups excluding carboxylic acids is 1. The Hall–Kier alpha value is -0.353. The van der Waals surface area contributed by atoms with Crippen LogP contribution in [0.4, 0.5) is 0 Å². The van der Waals surface area contributed by atoms with Gasteiger partial charge in [-0.2, -0.15) is 0 Å². The van der Waals surface area contributed by atoms with Crippen LogP contribution in [0, 0.1) is 0 Å². The Bertz CT molecular complexity index is 258. The number of likely N-dealkylation sites (tertiary alicyclic amines) is 1. The van der Waals surface area contributed by atoms with Crippen LogP contribution in [0.5, 0.6) is 0 Å². The van der Waals surface area contributed by atoms with E-state index in [9.17, 15) is 4.79 Å². The summed E-state index contributed by atoms with van der Waals surface area (Å²) in [6.45, 7) is 13.9. The van der Waals surface area contributed by atoms with Gasteiger partial charge in [-0.25, -0.2) is 0 Å². The van der Waals surface area contributed by atoms with Crippen molar-refractivity contribution < 1.29 is 9.22 Å². The van der Waals surface area contributed by atoms with Crippen LogP contribution in [0.3, 0.4) is 0 Å². The van der Waals surface area contributed by atoms with Crippen molar-refractivity contribution >= 4 is 14.2 Å². The number of hydrogen-bond acceptors (Lipinski definition) is 2.